The van der Waals surface area contributed by atoms with Gasteiger partial charge in [0, 0.05) is 26.4 Å². The van der Waals surface area contributed by atoms with Gasteiger partial charge in [-0.3, -0.25) is 4.79 Å². The molecule has 0 N–H and O–H groups in total. The van der Waals surface area contributed by atoms with E-state index in [1.807, 2.05) is 0 Å². The van der Waals surface area contributed by atoms with Gasteiger partial charge in [-0.2, -0.15) is 0 Å². The smallest absolute Gasteiger partial charge is 0.213 e. The molecule has 13 heteroatoms. The minimum absolute atomic E-state index is 0.0926. The molecule has 0 aliphatic carbocycles. The Kier molecular flexibility index (Phi) is 17.1. The highest BCUT2D eigenvalue weighted by Crippen LogP contribution is 2.39. The summed E-state index contributed by atoms with van der Waals surface area (Å²) in [5.41, 5.74) is 0. The third-order valence-corrected chi connectivity index (χ3v) is 7.90. The average molecular weight is 676 g/mol. The molecule has 204 valence electrons. The van der Waals surface area contributed by atoms with Crippen molar-refractivity contribution in [2.45, 2.75) is 0 Å². The lowest BCUT2D eigenvalue weighted by Gasteiger charge is -2.07. The Balaban J connectivity index is 1.70. The minimum Gasteiger partial charge on any atom is -0.489 e. The molecular formula is C23H32Br2O9S2. The molecule has 0 bridgehead atoms. The van der Waals surface area contributed by atoms with Crippen molar-refractivity contribution in [1.82, 2.24) is 0 Å². The summed E-state index contributed by atoms with van der Waals surface area (Å²) in [5, 5.41) is 0. The van der Waals surface area contributed by atoms with Crippen molar-refractivity contribution < 1.29 is 42.7 Å². The zero-order chi connectivity index (χ0) is 26.0. The van der Waals surface area contributed by atoms with Crippen molar-refractivity contribution in [1.29, 1.82) is 0 Å². The van der Waals surface area contributed by atoms with E-state index in [0.29, 0.717) is 101 Å². The van der Waals surface area contributed by atoms with Gasteiger partial charge in [-0.1, -0.05) is 0 Å². The first-order valence-electron chi connectivity index (χ1n) is 11.2. The SMILES string of the molecule is COCCOCCOCCOc1cc(C(=O)c2cc(OCCOCCOCCOC)c(Br)s2)sc1Br. The van der Waals surface area contributed by atoms with E-state index in [9.17, 15) is 4.79 Å². The van der Waals surface area contributed by atoms with Crippen LogP contribution in [0.25, 0.3) is 0 Å². The molecule has 2 aromatic rings. The molecule has 0 saturated carbocycles. The molecule has 0 unspecified atom stereocenters. The van der Waals surface area contributed by atoms with E-state index in [1.54, 1.807) is 26.4 Å². The second kappa shape index (κ2) is 19.5. The summed E-state index contributed by atoms with van der Waals surface area (Å²) in [6, 6.07) is 3.48. The van der Waals surface area contributed by atoms with Crippen LogP contribution in [-0.2, 0) is 28.4 Å². The van der Waals surface area contributed by atoms with Crippen LogP contribution in [0.5, 0.6) is 11.5 Å². The highest BCUT2D eigenvalue weighted by molar-refractivity contribution is 9.11. The molecule has 0 amide bonds. The molecule has 0 radical (unpaired) electrons. The largest absolute Gasteiger partial charge is 0.489 e. The predicted molar refractivity (Wildman–Crippen MR) is 145 cm³/mol. The number of hydrogen-bond acceptors (Lipinski definition) is 11. The number of rotatable bonds is 22. The lowest BCUT2D eigenvalue weighted by molar-refractivity contribution is 0.0179. The minimum atomic E-state index is -0.0926. The average Bonchev–Trinajstić information content (AvgIpc) is 3.43. The van der Waals surface area contributed by atoms with Crippen LogP contribution in [0, 0.1) is 0 Å². The van der Waals surface area contributed by atoms with E-state index in [0.717, 1.165) is 7.57 Å². The number of ether oxygens (including phenoxy) is 8. The normalized spacial score (nSPS) is 11.2. The number of halogens is 2. The van der Waals surface area contributed by atoms with Crippen molar-refractivity contribution >= 4 is 60.3 Å². The summed E-state index contributed by atoms with van der Waals surface area (Å²) in [4.78, 5) is 14.1. The van der Waals surface area contributed by atoms with E-state index in [2.05, 4.69) is 31.9 Å². The predicted octanol–water partition coefficient (Wildman–Crippen LogP) is 4.68. The van der Waals surface area contributed by atoms with Crippen LogP contribution in [0.3, 0.4) is 0 Å². The Morgan fingerprint density at radius 3 is 1.31 bits per heavy atom. The monoisotopic (exact) mass is 674 g/mol. The molecule has 0 atom stereocenters. The highest BCUT2D eigenvalue weighted by atomic mass is 79.9. The zero-order valence-electron chi connectivity index (χ0n) is 20.4. The summed E-state index contributed by atoms with van der Waals surface area (Å²) < 4.78 is 44.5. The van der Waals surface area contributed by atoms with Crippen molar-refractivity contribution in [3.8, 4) is 11.5 Å². The molecule has 0 aliphatic heterocycles. The molecule has 2 rings (SSSR count). The topological polar surface area (TPSA) is 90.9 Å². The second-order valence-electron chi connectivity index (χ2n) is 6.96. The van der Waals surface area contributed by atoms with Gasteiger partial charge in [-0.15, -0.1) is 22.7 Å². The number of thiophene rings is 2. The molecule has 2 heterocycles. The number of methoxy groups -OCH3 is 2. The summed E-state index contributed by atoms with van der Waals surface area (Å²) in [6.45, 7) is 5.76. The van der Waals surface area contributed by atoms with Crippen LogP contribution in [0.4, 0.5) is 0 Å². The Morgan fingerprint density at radius 2 is 0.944 bits per heavy atom. The summed E-state index contributed by atoms with van der Waals surface area (Å²) in [6.07, 6.45) is 0. The van der Waals surface area contributed by atoms with E-state index >= 15 is 0 Å². The zero-order valence-corrected chi connectivity index (χ0v) is 25.2. The van der Waals surface area contributed by atoms with Gasteiger partial charge in [0.1, 0.15) is 32.3 Å². The fraction of sp³-hybridized carbons (Fsp3) is 0.609. The number of carbonyl (C=O) groups excluding carboxylic acids is 1. The van der Waals surface area contributed by atoms with Gasteiger partial charge in [0.15, 0.2) is 0 Å². The van der Waals surface area contributed by atoms with Crippen LogP contribution in [-0.4, -0.2) is 99.3 Å². The third kappa shape index (κ3) is 12.3. The quantitative estimate of drug-likeness (QED) is 0.130. The number of ketones is 1. The van der Waals surface area contributed by atoms with Gasteiger partial charge < -0.3 is 37.9 Å². The van der Waals surface area contributed by atoms with E-state index in [4.69, 9.17) is 37.9 Å². The van der Waals surface area contributed by atoms with E-state index in [-0.39, 0.29) is 5.78 Å². The summed E-state index contributed by atoms with van der Waals surface area (Å²) >= 11 is 9.61. The first-order chi connectivity index (χ1) is 17.6. The van der Waals surface area contributed by atoms with Crippen molar-refractivity contribution in [3.63, 3.8) is 0 Å². The van der Waals surface area contributed by atoms with Gasteiger partial charge >= 0.3 is 0 Å². The molecule has 9 nitrogen and oxygen atoms in total. The number of hydrogen-bond donors (Lipinski definition) is 0. The Morgan fingerprint density at radius 1 is 0.611 bits per heavy atom. The standard InChI is InChI=1S/C23H32Br2O9S2/c1-27-3-5-29-7-9-31-11-13-33-17-15-19(35-22(17)24)21(26)20-16-18(23(25)36-20)34-14-12-32-10-8-30-6-4-28-2/h15-16H,3-14H2,1-2H3. The highest BCUT2D eigenvalue weighted by Gasteiger charge is 2.20. The molecule has 2 aromatic heterocycles. The third-order valence-electron chi connectivity index (χ3n) is 4.34. The molecule has 36 heavy (non-hydrogen) atoms. The molecule has 0 fully saturated rings. The fourth-order valence-corrected chi connectivity index (χ4v) is 5.72. The maximum absolute atomic E-state index is 13.0. The second-order valence-corrected chi connectivity index (χ2v) is 11.7. The summed E-state index contributed by atoms with van der Waals surface area (Å²) in [5.74, 6) is 1.13. The van der Waals surface area contributed by atoms with Gasteiger partial charge in [0.25, 0.3) is 0 Å². The fourth-order valence-electron chi connectivity index (χ4n) is 2.60. The molecule has 0 spiro atoms. The van der Waals surface area contributed by atoms with Crippen molar-refractivity contribution in [2.75, 3.05) is 93.5 Å². The first kappa shape index (κ1) is 31.6. The molecule has 0 saturated heterocycles. The summed E-state index contributed by atoms with van der Waals surface area (Å²) in [7, 11) is 3.26. The molecular weight excluding hydrogens is 644 g/mol. The molecule has 0 aromatic carbocycles. The maximum atomic E-state index is 13.0. The van der Waals surface area contributed by atoms with Crippen LogP contribution in [0.1, 0.15) is 14.5 Å². The molecule has 0 aliphatic rings. The Hall–Kier alpha value is -0.610. The van der Waals surface area contributed by atoms with Crippen LogP contribution in [0.2, 0.25) is 0 Å². The van der Waals surface area contributed by atoms with E-state index in [1.165, 1.54) is 22.7 Å². The Bertz CT molecular complexity index is 808. The number of carbonyl (C=O) groups is 1. The van der Waals surface area contributed by atoms with E-state index < -0.39 is 0 Å². The lowest BCUT2D eigenvalue weighted by Crippen LogP contribution is -2.12. The first-order valence-corrected chi connectivity index (χ1v) is 14.5. The van der Waals surface area contributed by atoms with Crippen molar-refractivity contribution in [2.24, 2.45) is 0 Å². The van der Waals surface area contributed by atoms with Crippen LogP contribution in [0.15, 0.2) is 19.7 Å². The van der Waals surface area contributed by atoms with Gasteiger partial charge in [0.05, 0.1) is 75.8 Å². The van der Waals surface area contributed by atoms with Crippen LogP contribution < -0.4 is 9.47 Å². The maximum Gasteiger partial charge on any atom is 0.213 e. The van der Waals surface area contributed by atoms with Gasteiger partial charge in [0.2, 0.25) is 5.78 Å². The van der Waals surface area contributed by atoms with Crippen LogP contribution >= 0.6 is 54.5 Å². The van der Waals surface area contributed by atoms with Gasteiger partial charge in [-0.05, 0) is 31.9 Å². The van der Waals surface area contributed by atoms with Crippen molar-refractivity contribution in [3.05, 3.63) is 29.5 Å². The Labute approximate surface area is 236 Å². The van der Waals surface area contributed by atoms with Gasteiger partial charge in [-0.25, -0.2) is 0 Å². The lowest BCUT2D eigenvalue weighted by atomic mass is 10.2.